The second kappa shape index (κ2) is 47.5. The summed E-state index contributed by atoms with van der Waals surface area (Å²) in [6.45, 7) is 10.5. The fourth-order valence-corrected chi connectivity index (χ4v) is 9.58. The highest BCUT2D eigenvalue weighted by molar-refractivity contribution is 5.91. The Kier molecular flexibility index (Phi) is 40.2. The smallest absolute Gasteiger partial charge is 0.338 e. The fourth-order valence-electron chi connectivity index (χ4n) is 9.58. The van der Waals surface area contributed by atoms with Crippen molar-refractivity contribution in [2.75, 3.05) is 59.5 Å². The Labute approximate surface area is 490 Å². The van der Waals surface area contributed by atoms with Crippen molar-refractivity contribution in [3.05, 3.63) is 107 Å². The largest absolute Gasteiger partial charge is 0.494 e. The number of ether oxygens (including phenoxy) is 9. The monoisotopic (exact) mass is 1120 g/mol. The van der Waals surface area contributed by atoms with Crippen molar-refractivity contribution >= 4 is 5.97 Å². The zero-order valence-electron chi connectivity index (χ0n) is 50.8. The van der Waals surface area contributed by atoms with Crippen molar-refractivity contribution < 1.29 is 52.5 Å². The number of carbonyl (C=O) groups excluding carboxylic acids is 1. The van der Waals surface area contributed by atoms with Crippen molar-refractivity contribution in [2.24, 2.45) is 0 Å². The number of hydrogen-bond acceptors (Lipinski definition) is 11. The number of unbranched alkanes of at least 4 members (excludes halogenated alkanes) is 27. The van der Waals surface area contributed by atoms with Gasteiger partial charge in [0.05, 0.1) is 58.4 Å². The molecule has 0 fully saturated rings. The maximum absolute atomic E-state index is 13.8. The highest BCUT2D eigenvalue weighted by Crippen LogP contribution is 2.41. The summed E-state index contributed by atoms with van der Waals surface area (Å²) in [5, 5.41) is 8.99. The maximum Gasteiger partial charge on any atom is 0.338 e. The van der Waals surface area contributed by atoms with Gasteiger partial charge < -0.3 is 47.7 Å². The number of hydrogen-bond donors (Lipinski definition) is 1. The van der Waals surface area contributed by atoms with E-state index in [1.807, 2.05) is 72.8 Å². The van der Waals surface area contributed by atoms with Crippen molar-refractivity contribution in [3.8, 4) is 34.5 Å². The van der Waals surface area contributed by atoms with Crippen molar-refractivity contribution in [2.45, 2.75) is 233 Å². The van der Waals surface area contributed by atoms with Gasteiger partial charge in [-0.3, -0.25) is 0 Å². The first-order chi connectivity index (χ1) is 40.0. The van der Waals surface area contributed by atoms with E-state index in [1.165, 1.54) is 173 Å². The highest BCUT2D eigenvalue weighted by Gasteiger charge is 2.21. The topological polar surface area (TPSA) is 120 Å². The van der Waals surface area contributed by atoms with Crippen LogP contribution in [0.15, 0.2) is 84.9 Å². The minimum atomic E-state index is -0.558. The average molecular weight is 1130 g/mol. The third kappa shape index (κ3) is 33.7. The lowest BCUT2D eigenvalue weighted by atomic mass is 10.1. The van der Waals surface area contributed by atoms with Gasteiger partial charge in [0.1, 0.15) is 43.7 Å². The normalized spacial score (nSPS) is 11.2. The molecule has 0 amide bonds. The van der Waals surface area contributed by atoms with E-state index < -0.39 is 5.97 Å². The molecule has 1 N–H and O–H groups in total. The van der Waals surface area contributed by atoms with Crippen LogP contribution in [0.5, 0.6) is 34.5 Å². The molecule has 0 saturated carbocycles. The lowest BCUT2D eigenvalue weighted by molar-refractivity contribution is 0.00915. The van der Waals surface area contributed by atoms with Crippen molar-refractivity contribution in [3.63, 3.8) is 0 Å². The number of aliphatic hydroxyl groups excluding tert-OH is 1. The van der Waals surface area contributed by atoms with Gasteiger partial charge in [0.15, 0.2) is 11.5 Å². The van der Waals surface area contributed by atoms with Crippen LogP contribution in [0.3, 0.4) is 0 Å². The van der Waals surface area contributed by atoms with Crippen LogP contribution in [-0.4, -0.2) is 70.5 Å². The molecule has 11 heteroatoms. The average Bonchev–Trinajstić information content (AvgIpc) is 3.49. The number of carbonyl (C=O) groups is 1. The van der Waals surface area contributed by atoms with Crippen LogP contribution in [0, 0.1) is 0 Å². The van der Waals surface area contributed by atoms with Crippen LogP contribution in [0.1, 0.15) is 240 Å². The number of esters is 1. The van der Waals surface area contributed by atoms with Crippen LogP contribution < -0.4 is 28.4 Å². The van der Waals surface area contributed by atoms with E-state index in [1.54, 1.807) is 12.1 Å². The Hall–Kier alpha value is -4.97. The van der Waals surface area contributed by atoms with Gasteiger partial charge in [0.25, 0.3) is 0 Å². The molecule has 0 aliphatic heterocycles. The molecule has 4 rings (SSSR count). The van der Waals surface area contributed by atoms with Gasteiger partial charge in [-0.2, -0.15) is 0 Å². The minimum absolute atomic E-state index is 0.0314. The summed E-state index contributed by atoms with van der Waals surface area (Å²) in [7, 11) is 0. The van der Waals surface area contributed by atoms with E-state index in [0.717, 1.165) is 53.2 Å². The van der Waals surface area contributed by atoms with E-state index in [-0.39, 0.29) is 51.8 Å². The number of benzene rings is 4. The van der Waals surface area contributed by atoms with Gasteiger partial charge >= 0.3 is 5.97 Å². The molecule has 0 aromatic heterocycles. The van der Waals surface area contributed by atoms with Crippen LogP contribution in [0.4, 0.5) is 0 Å². The Morgan fingerprint density at radius 1 is 0.333 bits per heavy atom. The SMILES string of the molecule is CCCCCCCCCCCCOc1ccc(COc2cc(C(=O)OCCOCCOCCO)cc(OCc3ccc(OCCCCCCCCCCCC)cc3)c2OCc2ccc(OCCCCCCCCCCCC)cc2)cc1. The van der Waals surface area contributed by atoms with E-state index >= 15 is 0 Å². The molecule has 0 aliphatic rings. The summed E-state index contributed by atoms with van der Waals surface area (Å²) in [6.07, 6.45) is 38.5. The Balaban J connectivity index is 1.43. The summed E-state index contributed by atoms with van der Waals surface area (Å²) in [6, 6.07) is 27.3. The highest BCUT2D eigenvalue weighted by atomic mass is 16.6. The zero-order valence-corrected chi connectivity index (χ0v) is 50.8. The lowest BCUT2D eigenvalue weighted by Gasteiger charge is -2.19. The summed E-state index contributed by atoms with van der Waals surface area (Å²) >= 11 is 0. The standard InChI is InChI=1S/C70H108O11/c1-4-7-10-13-16-19-22-25-28-31-47-75-64-40-34-60(35-41-64)57-79-67-55-63(70(72)78-54-53-74-52-51-73-50-46-71)56-68(80-58-61-36-42-65(43-37-61)76-48-32-29-26-23-20-17-14-11-8-5-2)69(67)81-59-62-38-44-66(45-39-62)77-49-33-30-27-24-21-18-15-12-9-6-3/h34-45,55-56,71H,4-33,46-54,57-59H2,1-3H3. The Morgan fingerprint density at radius 3 is 0.963 bits per heavy atom. The first-order valence-corrected chi connectivity index (χ1v) is 32.2. The van der Waals surface area contributed by atoms with Crippen molar-refractivity contribution in [1.29, 1.82) is 0 Å². The van der Waals surface area contributed by atoms with Crippen LogP contribution in [0.2, 0.25) is 0 Å². The molecular formula is C70H108O11. The summed E-state index contributed by atoms with van der Waals surface area (Å²) in [5.41, 5.74) is 3.03. The molecule has 4 aromatic rings. The summed E-state index contributed by atoms with van der Waals surface area (Å²) in [4.78, 5) is 13.8. The van der Waals surface area contributed by atoms with Gasteiger partial charge in [-0.25, -0.2) is 4.79 Å². The van der Waals surface area contributed by atoms with E-state index in [4.69, 9.17) is 47.7 Å². The molecule has 0 spiro atoms. The predicted octanol–water partition coefficient (Wildman–Crippen LogP) is 18.5. The molecule has 454 valence electrons. The maximum atomic E-state index is 13.8. The molecule has 0 atom stereocenters. The van der Waals surface area contributed by atoms with E-state index in [2.05, 4.69) is 20.8 Å². The van der Waals surface area contributed by atoms with E-state index in [9.17, 15) is 4.79 Å². The Bertz CT molecular complexity index is 2000. The molecule has 0 aliphatic carbocycles. The molecule has 0 radical (unpaired) electrons. The van der Waals surface area contributed by atoms with Crippen LogP contribution in [0.25, 0.3) is 0 Å². The van der Waals surface area contributed by atoms with Gasteiger partial charge in [0.2, 0.25) is 5.75 Å². The summed E-state index contributed by atoms with van der Waals surface area (Å²) in [5.74, 6) is 2.96. The molecule has 0 heterocycles. The molecule has 4 aromatic carbocycles. The summed E-state index contributed by atoms with van der Waals surface area (Å²) < 4.78 is 54.8. The zero-order chi connectivity index (χ0) is 57.3. The lowest BCUT2D eigenvalue weighted by Crippen LogP contribution is -2.14. The third-order valence-corrected chi connectivity index (χ3v) is 14.6. The molecular weight excluding hydrogens is 1020 g/mol. The van der Waals surface area contributed by atoms with Gasteiger partial charge in [-0.05, 0) is 84.5 Å². The first kappa shape index (κ1) is 68.5. The second-order valence-corrected chi connectivity index (χ2v) is 21.8. The van der Waals surface area contributed by atoms with Gasteiger partial charge in [-0.15, -0.1) is 0 Å². The second-order valence-electron chi connectivity index (χ2n) is 21.8. The van der Waals surface area contributed by atoms with Crippen LogP contribution >= 0.6 is 0 Å². The minimum Gasteiger partial charge on any atom is -0.494 e. The van der Waals surface area contributed by atoms with Crippen LogP contribution in [-0.2, 0) is 34.0 Å². The third-order valence-electron chi connectivity index (χ3n) is 14.6. The quantitative estimate of drug-likeness (QED) is 0.0336. The molecule has 11 nitrogen and oxygen atoms in total. The molecule has 0 bridgehead atoms. The molecule has 0 unspecified atom stereocenters. The Morgan fingerprint density at radius 2 is 0.630 bits per heavy atom. The number of rotatable bonds is 54. The molecule has 0 saturated heterocycles. The van der Waals surface area contributed by atoms with Crippen molar-refractivity contribution in [1.82, 2.24) is 0 Å². The fraction of sp³-hybridized carbons (Fsp3) is 0.643. The molecule has 81 heavy (non-hydrogen) atoms. The number of aliphatic hydroxyl groups is 1. The predicted molar refractivity (Wildman–Crippen MR) is 330 cm³/mol. The first-order valence-electron chi connectivity index (χ1n) is 32.2. The van der Waals surface area contributed by atoms with Gasteiger partial charge in [-0.1, -0.05) is 231 Å². The van der Waals surface area contributed by atoms with E-state index in [0.29, 0.717) is 50.3 Å². The van der Waals surface area contributed by atoms with Gasteiger partial charge in [0, 0.05) is 0 Å².